The van der Waals surface area contributed by atoms with Gasteiger partial charge in [-0.25, -0.2) is 9.59 Å². The van der Waals surface area contributed by atoms with Gasteiger partial charge < -0.3 is 13.9 Å². The van der Waals surface area contributed by atoms with E-state index in [1.54, 1.807) is 4.90 Å². The highest BCUT2D eigenvalue weighted by Crippen LogP contribution is 2.44. The summed E-state index contributed by atoms with van der Waals surface area (Å²) in [5.41, 5.74) is 11.5. The Morgan fingerprint density at radius 3 is 2.11 bits per heavy atom. The molecule has 0 N–H and O–H groups in total. The molecule has 0 spiro atoms. The minimum Gasteiger partial charge on any atom is -0.453 e. The molecule has 232 valence electrons. The fraction of sp³-hybridized carbons (Fsp3) is 0.412. The molecule has 0 aliphatic carbocycles. The highest BCUT2D eigenvalue weighted by atomic mass is 28.4. The van der Waals surface area contributed by atoms with Crippen molar-refractivity contribution in [2.24, 2.45) is 5.11 Å². The molecular formula is C34H42N4O5Si. The molecule has 1 amide bonds. The summed E-state index contributed by atoms with van der Waals surface area (Å²) in [6.45, 7) is 10.9. The fourth-order valence-electron chi connectivity index (χ4n) is 5.14. The first-order valence-corrected chi connectivity index (χ1v) is 17.9. The van der Waals surface area contributed by atoms with Crippen LogP contribution in [-0.4, -0.2) is 44.0 Å². The van der Waals surface area contributed by atoms with Crippen LogP contribution in [0.1, 0.15) is 62.4 Å². The van der Waals surface area contributed by atoms with Crippen LogP contribution >= 0.6 is 0 Å². The molecule has 1 aliphatic rings. The van der Waals surface area contributed by atoms with Crippen LogP contribution in [-0.2, 0) is 25.3 Å². The molecule has 0 unspecified atom stereocenters. The van der Waals surface area contributed by atoms with Crippen molar-refractivity contribution in [1.82, 2.24) is 4.90 Å². The van der Waals surface area contributed by atoms with Gasteiger partial charge >= 0.3 is 12.1 Å². The minimum absolute atomic E-state index is 0.0590. The third-order valence-corrected chi connectivity index (χ3v) is 13.0. The molecule has 0 bridgehead atoms. The van der Waals surface area contributed by atoms with Crippen LogP contribution in [0.2, 0.25) is 18.1 Å². The summed E-state index contributed by atoms with van der Waals surface area (Å²) >= 11 is 0. The lowest BCUT2D eigenvalue weighted by Crippen LogP contribution is -2.54. The quantitative estimate of drug-likeness (QED) is 0.0706. The molecule has 1 saturated heterocycles. The molecule has 0 saturated carbocycles. The lowest BCUT2D eigenvalue weighted by atomic mass is 9.90. The first-order chi connectivity index (χ1) is 21.0. The van der Waals surface area contributed by atoms with Crippen LogP contribution in [0.15, 0.2) is 96.1 Å². The predicted octanol–water partition coefficient (Wildman–Crippen LogP) is 8.51. The predicted molar refractivity (Wildman–Crippen MR) is 172 cm³/mol. The van der Waals surface area contributed by atoms with Crippen LogP contribution in [0.5, 0.6) is 0 Å². The van der Waals surface area contributed by atoms with Gasteiger partial charge in [-0.15, -0.1) is 0 Å². The number of amides is 1. The zero-order valence-corrected chi connectivity index (χ0v) is 27.1. The van der Waals surface area contributed by atoms with E-state index in [0.717, 1.165) is 16.7 Å². The van der Waals surface area contributed by atoms with Gasteiger partial charge in [0.25, 0.3) is 0 Å². The fourth-order valence-corrected chi connectivity index (χ4v) is 6.52. The zero-order valence-electron chi connectivity index (χ0n) is 26.1. The van der Waals surface area contributed by atoms with Crippen molar-refractivity contribution in [2.45, 2.75) is 82.6 Å². The van der Waals surface area contributed by atoms with Crippen LogP contribution in [0.4, 0.5) is 4.79 Å². The molecule has 1 heterocycles. The first kappa shape index (κ1) is 32.8. The van der Waals surface area contributed by atoms with Crippen molar-refractivity contribution in [3.05, 3.63) is 118 Å². The summed E-state index contributed by atoms with van der Waals surface area (Å²) in [5.74, 6) is -0.516. The largest absolute Gasteiger partial charge is 0.453 e. The maximum Gasteiger partial charge on any atom is 0.411 e. The van der Waals surface area contributed by atoms with Crippen LogP contribution < -0.4 is 0 Å². The molecule has 0 aromatic heterocycles. The average Bonchev–Trinajstić information content (AvgIpc) is 3.01. The zero-order chi connectivity index (χ0) is 31.7. The van der Waals surface area contributed by atoms with E-state index < -0.39 is 44.7 Å². The smallest absolute Gasteiger partial charge is 0.411 e. The van der Waals surface area contributed by atoms with E-state index in [0.29, 0.717) is 6.42 Å². The maximum absolute atomic E-state index is 14.1. The Morgan fingerprint density at radius 1 is 0.977 bits per heavy atom. The van der Waals surface area contributed by atoms with E-state index in [1.807, 2.05) is 91.0 Å². The number of ether oxygens (including phenoxy) is 2. The third-order valence-electron chi connectivity index (χ3n) is 8.50. The molecule has 1 aliphatic heterocycles. The molecule has 4 rings (SSSR count). The van der Waals surface area contributed by atoms with Crippen molar-refractivity contribution >= 4 is 20.4 Å². The molecule has 3 aromatic carbocycles. The highest BCUT2D eigenvalue weighted by Gasteiger charge is 2.49. The van der Waals surface area contributed by atoms with Gasteiger partial charge in [-0.3, -0.25) is 4.90 Å². The average molecular weight is 615 g/mol. The standard InChI is InChI=1S/C34H42N4O5Si/c1-34(2,3)44(4,5)43-28(23-36-37-35)21-22-29-32(39)42-31(27-19-13-8-14-20-27)30(26-17-11-7-12-18-26)38(29)33(40)41-24-25-15-9-6-10-16-25/h6-20,28-31H,21-24H2,1-5H3/t28-,29+,30+,31-/m1/s1. The summed E-state index contributed by atoms with van der Waals surface area (Å²) in [4.78, 5) is 32.4. The topological polar surface area (TPSA) is 114 Å². The number of hydrogen-bond acceptors (Lipinski definition) is 6. The Morgan fingerprint density at radius 2 is 1.55 bits per heavy atom. The Hall–Kier alpha value is -4.11. The Kier molecular flexibility index (Phi) is 10.9. The van der Waals surface area contributed by atoms with Crippen LogP contribution in [0.3, 0.4) is 0 Å². The molecule has 4 atom stereocenters. The maximum atomic E-state index is 14.1. The molecule has 9 nitrogen and oxygen atoms in total. The van der Waals surface area contributed by atoms with Gasteiger partial charge in [0.2, 0.25) is 0 Å². The molecule has 1 fully saturated rings. The van der Waals surface area contributed by atoms with Crippen LogP contribution in [0.25, 0.3) is 10.4 Å². The van der Waals surface area contributed by atoms with E-state index in [4.69, 9.17) is 19.4 Å². The van der Waals surface area contributed by atoms with Crippen molar-refractivity contribution in [3.8, 4) is 0 Å². The number of azide groups is 1. The number of morpholine rings is 1. The number of nitrogens with zero attached hydrogens (tertiary/aromatic N) is 4. The Labute approximate surface area is 260 Å². The number of hydrogen-bond donors (Lipinski definition) is 0. The molecule has 10 heteroatoms. The van der Waals surface area contributed by atoms with Crippen LogP contribution in [0, 0.1) is 0 Å². The molecule has 0 radical (unpaired) electrons. The summed E-state index contributed by atoms with van der Waals surface area (Å²) < 4.78 is 18.6. The minimum atomic E-state index is -2.24. The van der Waals surface area contributed by atoms with Gasteiger partial charge in [-0.2, -0.15) is 0 Å². The lowest BCUT2D eigenvalue weighted by Gasteiger charge is -2.45. The number of rotatable bonds is 11. The third kappa shape index (κ3) is 8.08. The summed E-state index contributed by atoms with van der Waals surface area (Å²) in [6.07, 6.45) is -1.16. The lowest BCUT2D eigenvalue weighted by molar-refractivity contribution is -0.174. The Balaban J connectivity index is 1.70. The first-order valence-electron chi connectivity index (χ1n) is 15.0. The second-order valence-electron chi connectivity index (χ2n) is 12.6. The summed E-state index contributed by atoms with van der Waals surface area (Å²) in [6, 6.07) is 26.9. The van der Waals surface area contributed by atoms with E-state index in [9.17, 15) is 9.59 Å². The van der Waals surface area contributed by atoms with Gasteiger partial charge in [0.05, 0.1) is 12.6 Å². The SMILES string of the molecule is CC(C)(C)[Si](C)(C)O[C@H](CC[C@H]1C(=O)O[C@H](c2ccccc2)[C@H](c2ccccc2)N1C(=O)OCc1ccccc1)CN=[N+]=[N-]. The van der Waals surface area contributed by atoms with Gasteiger partial charge in [-0.05, 0) is 53.2 Å². The monoisotopic (exact) mass is 614 g/mol. The number of cyclic esters (lactones) is 1. The molecule has 3 aromatic rings. The van der Waals surface area contributed by atoms with E-state index >= 15 is 0 Å². The van der Waals surface area contributed by atoms with E-state index in [2.05, 4.69) is 43.9 Å². The van der Waals surface area contributed by atoms with E-state index in [1.165, 1.54) is 0 Å². The summed E-state index contributed by atoms with van der Waals surface area (Å²) in [7, 11) is -2.24. The number of esters is 1. The molecule has 44 heavy (non-hydrogen) atoms. The number of benzene rings is 3. The van der Waals surface area contributed by atoms with Gasteiger partial charge in [-0.1, -0.05) is 117 Å². The van der Waals surface area contributed by atoms with Gasteiger partial charge in [0.1, 0.15) is 18.7 Å². The second kappa shape index (κ2) is 14.6. The van der Waals surface area contributed by atoms with Crippen molar-refractivity contribution in [3.63, 3.8) is 0 Å². The highest BCUT2D eigenvalue weighted by molar-refractivity contribution is 6.74. The second-order valence-corrected chi connectivity index (χ2v) is 17.3. The van der Waals surface area contributed by atoms with Gasteiger partial charge in [0, 0.05) is 4.91 Å². The number of carbonyl (C=O) groups excluding carboxylic acids is 2. The van der Waals surface area contributed by atoms with Crippen molar-refractivity contribution < 1.29 is 23.5 Å². The normalized spacial score (nSPS) is 19.4. The Bertz CT molecular complexity index is 1430. The van der Waals surface area contributed by atoms with Gasteiger partial charge in [0.15, 0.2) is 14.4 Å². The van der Waals surface area contributed by atoms with Crippen molar-refractivity contribution in [2.75, 3.05) is 6.54 Å². The molecular weight excluding hydrogens is 572 g/mol. The summed E-state index contributed by atoms with van der Waals surface area (Å²) in [5, 5.41) is 3.74. The van der Waals surface area contributed by atoms with E-state index in [-0.39, 0.29) is 24.6 Å². The number of carbonyl (C=O) groups is 2. The van der Waals surface area contributed by atoms with Crippen molar-refractivity contribution in [1.29, 1.82) is 0 Å².